The van der Waals surface area contributed by atoms with Gasteiger partial charge in [-0.05, 0) is 0 Å². The maximum atomic E-state index is 8.30. The van der Waals surface area contributed by atoms with E-state index in [9.17, 15) is 0 Å². The molecule has 8 heavy (non-hydrogen) atoms. The topological polar surface area (TPSA) is 17.1 Å². The Labute approximate surface area is 61.0 Å². The molecule has 0 atom stereocenters. The van der Waals surface area contributed by atoms with E-state index in [1.165, 1.54) is 0 Å². The van der Waals surface area contributed by atoms with Gasteiger partial charge in [0.05, 0.1) is 0 Å². The van der Waals surface area contributed by atoms with Crippen LogP contribution in [0.15, 0.2) is 36.4 Å². The Morgan fingerprint density at radius 2 is 0.750 bits per heavy atom. The Bertz CT molecular complexity index is 91.4. The molecule has 0 spiro atoms. The van der Waals surface area contributed by atoms with Crippen molar-refractivity contribution in [3.8, 4) is 0 Å². The van der Waals surface area contributed by atoms with Crippen LogP contribution in [-0.2, 0) is 24.3 Å². The van der Waals surface area contributed by atoms with Gasteiger partial charge in [0.15, 0.2) is 0 Å². The molecule has 0 fully saturated rings. The van der Waals surface area contributed by atoms with Crippen molar-refractivity contribution in [2.24, 2.45) is 0 Å². The minimum atomic E-state index is 0.500. The number of rotatable bonds is 0. The maximum absolute atomic E-state index is 8.30. The van der Waals surface area contributed by atoms with Crippen LogP contribution in [0.25, 0.3) is 0 Å². The molecule has 0 aliphatic heterocycles. The summed E-state index contributed by atoms with van der Waals surface area (Å²) in [7, 11) is 0. The van der Waals surface area contributed by atoms with Crippen LogP contribution in [0.2, 0.25) is 0 Å². The molecule has 0 aliphatic rings. The zero-order valence-corrected chi connectivity index (χ0v) is 6.52. The van der Waals surface area contributed by atoms with E-state index in [-0.39, 0.29) is 0 Å². The summed E-state index contributed by atoms with van der Waals surface area (Å²) in [6.07, 6.45) is 0. The standard InChI is InChI=1S/C6H6.Nb.O/c1-2-4-6-5-3-1;;/h1-6H;;. The van der Waals surface area contributed by atoms with Gasteiger partial charge in [0, 0.05) is 0 Å². The van der Waals surface area contributed by atoms with E-state index >= 15 is 0 Å². The molecule has 41 valence electrons. The SMILES string of the molecule is [O]=[Nb].c1ccccc1. The van der Waals surface area contributed by atoms with E-state index in [1.54, 1.807) is 0 Å². The van der Waals surface area contributed by atoms with Crippen molar-refractivity contribution in [2.75, 3.05) is 0 Å². The molecule has 0 amide bonds. The fourth-order valence-corrected chi connectivity index (χ4v) is 0.385. The van der Waals surface area contributed by atoms with E-state index in [2.05, 4.69) is 0 Å². The molecule has 0 aromatic heterocycles. The van der Waals surface area contributed by atoms with Crippen LogP contribution in [0.4, 0.5) is 0 Å². The summed E-state index contributed by atoms with van der Waals surface area (Å²) in [5, 5.41) is 0. The van der Waals surface area contributed by atoms with Crippen molar-refractivity contribution in [1.82, 2.24) is 0 Å². The number of hydrogen-bond acceptors (Lipinski definition) is 1. The number of benzene rings is 1. The van der Waals surface area contributed by atoms with Gasteiger partial charge in [-0.1, -0.05) is 36.4 Å². The van der Waals surface area contributed by atoms with Crippen LogP contribution in [0.1, 0.15) is 0 Å². The van der Waals surface area contributed by atoms with Crippen LogP contribution in [-0.4, -0.2) is 0 Å². The summed E-state index contributed by atoms with van der Waals surface area (Å²) < 4.78 is 8.30. The van der Waals surface area contributed by atoms with E-state index in [0.29, 0.717) is 21.0 Å². The molecule has 1 rings (SSSR count). The second kappa shape index (κ2) is 6.76. The molecule has 0 radical (unpaired) electrons. The molecule has 2 heteroatoms. The average Bonchev–Trinajstić information content (AvgIpc) is 1.96. The van der Waals surface area contributed by atoms with E-state index in [0.717, 1.165) is 0 Å². The molecular formula is C6H6NbO. The monoisotopic (exact) mass is 187 g/mol. The summed E-state index contributed by atoms with van der Waals surface area (Å²) >= 11 is 0.500. The van der Waals surface area contributed by atoms with Gasteiger partial charge in [0.2, 0.25) is 0 Å². The Morgan fingerprint density at radius 1 is 0.625 bits per heavy atom. The summed E-state index contributed by atoms with van der Waals surface area (Å²) in [6.45, 7) is 0. The summed E-state index contributed by atoms with van der Waals surface area (Å²) in [5.41, 5.74) is 0. The van der Waals surface area contributed by atoms with E-state index in [4.69, 9.17) is 3.25 Å². The average molecular weight is 187 g/mol. The molecule has 0 N–H and O–H groups in total. The van der Waals surface area contributed by atoms with Crippen molar-refractivity contribution < 1.29 is 24.3 Å². The molecule has 1 aromatic carbocycles. The first-order valence-electron chi connectivity index (χ1n) is 2.18. The van der Waals surface area contributed by atoms with Crippen LogP contribution < -0.4 is 0 Å². The Balaban J connectivity index is 0.000000222. The quantitative estimate of drug-likeness (QED) is 0.563. The van der Waals surface area contributed by atoms with Crippen molar-refractivity contribution in [3.05, 3.63) is 36.4 Å². The third-order valence-corrected chi connectivity index (χ3v) is 0.667. The second-order valence-electron chi connectivity index (χ2n) is 1.15. The molecule has 0 heterocycles. The predicted octanol–water partition coefficient (Wildman–Crippen LogP) is 1.57. The van der Waals surface area contributed by atoms with Crippen molar-refractivity contribution in [1.29, 1.82) is 0 Å². The number of hydrogen-bond donors (Lipinski definition) is 0. The third kappa shape index (κ3) is 3.93. The molecular weight excluding hydrogens is 181 g/mol. The normalized spacial score (nSPS) is 6.38. The minimum Gasteiger partial charge on any atom is -0.0623 e. The largest absolute Gasteiger partial charge is 0.0623 e. The first kappa shape index (κ1) is 7.76. The van der Waals surface area contributed by atoms with Gasteiger partial charge in [-0.25, -0.2) is 0 Å². The first-order chi connectivity index (χ1) is 4.00. The Kier molecular flexibility index (Phi) is 6.56. The van der Waals surface area contributed by atoms with Crippen molar-refractivity contribution >= 4 is 0 Å². The zero-order valence-electron chi connectivity index (χ0n) is 4.32. The van der Waals surface area contributed by atoms with Gasteiger partial charge in [-0.3, -0.25) is 0 Å². The smallest absolute Gasteiger partial charge is 0.0623 e. The third-order valence-electron chi connectivity index (χ3n) is 0.667. The summed E-state index contributed by atoms with van der Waals surface area (Å²) in [5.74, 6) is 0. The first-order valence-corrected chi connectivity index (χ1v) is 3.08. The van der Waals surface area contributed by atoms with Gasteiger partial charge in [0.25, 0.3) is 0 Å². The molecule has 1 aromatic rings. The summed E-state index contributed by atoms with van der Waals surface area (Å²) in [4.78, 5) is 0. The predicted molar refractivity (Wildman–Crippen MR) is 27.1 cm³/mol. The maximum Gasteiger partial charge on any atom is -0.0623 e. The van der Waals surface area contributed by atoms with Gasteiger partial charge in [-0.15, -0.1) is 0 Å². The van der Waals surface area contributed by atoms with E-state index < -0.39 is 0 Å². The molecule has 1 nitrogen and oxygen atoms in total. The Hall–Kier alpha value is -0.240. The van der Waals surface area contributed by atoms with Crippen LogP contribution >= 0.6 is 0 Å². The van der Waals surface area contributed by atoms with Crippen LogP contribution in [0, 0.1) is 0 Å². The van der Waals surface area contributed by atoms with Gasteiger partial charge < -0.3 is 0 Å². The van der Waals surface area contributed by atoms with Crippen molar-refractivity contribution in [2.45, 2.75) is 0 Å². The molecule has 0 aliphatic carbocycles. The van der Waals surface area contributed by atoms with Crippen LogP contribution in [0.5, 0.6) is 0 Å². The Morgan fingerprint density at radius 3 is 0.875 bits per heavy atom. The van der Waals surface area contributed by atoms with E-state index in [1.807, 2.05) is 36.4 Å². The van der Waals surface area contributed by atoms with Gasteiger partial charge in [-0.2, -0.15) is 0 Å². The molecule has 0 unspecified atom stereocenters. The fraction of sp³-hybridized carbons (Fsp3) is 0. The molecule has 0 bridgehead atoms. The van der Waals surface area contributed by atoms with Crippen molar-refractivity contribution in [3.63, 3.8) is 0 Å². The van der Waals surface area contributed by atoms with Crippen LogP contribution in [0.3, 0.4) is 0 Å². The van der Waals surface area contributed by atoms with Gasteiger partial charge >= 0.3 is 24.3 Å². The molecule has 0 saturated carbocycles. The second-order valence-corrected chi connectivity index (χ2v) is 1.15. The minimum absolute atomic E-state index is 0.500. The summed E-state index contributed by atoms with van der Waals surface area (Å²) in [6, 6.07) is 12.0. The van der Waals surface area contributed by atoms with Gasteiger partial charge in [0.1, 0.15) is 0 Å². The molecule has 0 saturated heterocycles. The fourth-order valence-electron chi connectivity index (χ4n) is 0.385. The zero-order chi connectivity index (χ0) is 6.24.